The Morgan fingerprint density at radius 2 is 1.02 bits per heavy atom. The summed E-state index contributed by atoms with van der Waals surface area (Å²) in [5.41, 5.74) is 14.3. The van der Waals surface area contributed by atoms with E-state index >= 15 is 0 Å². The van der Waals surface area contributed by atoms with Crippen molar-refractivity contribution in [2.75, 3.05) is 4.90 Å². The van der Waals surface area contributed by atoms with Crippen LogP contribution in [0.4, 0.5) is 17.1 Å². The van der Waals surface area contributed by atoms with E-state index in [1.807, 2.05) is 11.8 Å². The lowest BCUT2D eigenvalue weighted by Crippen LogP contribution is -2.16. The number of hydrogen-bond donors (Lipinski definition) is 0. The summed E-state index contributed by atoms with van der Waals surface area (Å²) in [7, 11) is 0. The fourth-order valence-corrected chi connectivity index (χ4v) is 8.42. The lowest BCUT2D eigenvalue weighted by molar-refractivity contribution is 0.654. The maximum Gasteiger partial charge on any atom is 0.0607 e. The second kappa shape index (κ2) is 11.8. The van der Waals surface area contributed by atoms with Gasteiger partial charge in [-0.25, -0.2) is 0 Å². The van der Waals surface area contributed by atoms with Crippen molar-refractivity contribution in [1.82, 2.24) is 0 Å². The van der Waals surface area contributed by atoms with Gasteiger partial charge in [-0.3, -0.25) is 0 Å². The van der Waals surface area contributed by atoms with E-state index in [9.17, 15) is 0 Å². The van der Waals surface area contributed by atoms with Crippen molar-refractivity contribution < 1.29 is 0 Å². The van der Waals surface area contributed by atoms with Crippen LogP contribution in [0.5, 0.6) is 0 Å². The monoisotopic (exact) mass is 621 g/mol. The number of hydrogen-bond acceptors (Lipinski definition) is 2. The number of nitrogens with zero attached hydrogens (tertiary/aromatic N) is 1. The molecule has 1 aliphatic heterocycles. The Hall–Kier alpha value is -5.31. The zero-order valence-electron chi connectivity index (χ0n) is 26.7. The van der Waals surface area contributed by atoms with Gasteiger partial charge in [-0.2, -0.15) is 0 Å². The van der Waals surface area contributed by atoms with Crippen molar-refractivity contribution in [2.24, 2.45) is 0 Å². The van der Waals surface area contributed by atoms with E-state index in [1.54, 1.807) is 0 Å². The molecule has 0 radical (unpaired) electrons. The molecule has 1 nitrogen and oxygen atoms in total. The molecule has 8 rings (SSSR count). The van der Waals surface area contributed by atoms with Gasteiger partial charge in [-0.05, 0) is 80.4 Å². The lowest BCUT2D eigenvalue weighted by Gasteiger charge is -2.30. The van der Waals surface area contributed by atoms with E-state index in [2.05, 4.69) is 189 Å². The zero-order chi connectivity index (χ0) is 32.0. The lowest BCUT2D eigenvalue weighted by atomic mass is 9.81. The van der Waals surface area contributed by atoms with Crippen LogP contribution in [0, 0.1) is 0 Å². The summed E-state index contributed by atoms with van der Waals surface area (Å²) >= 11 is 1.88. The molecule has 47 heavy (non-hydrogen) atoms. The molecule has 0 bridgehead atoms. The van der Waals surface area contributed by atoms with Gasteiger partial charge in [0.1, 0.15) is 0 Å². The van der Waals surface area contributed by atoms with Crippen molar-refractivity contribution in [2.45, 2.75) is 24.2 Å². The number of allylic oxidation sites excluding steroid dienone is 4. The summed E-state index contributed by atoms with van der Waals surface area (Å²) in [5, 5.41) is 0. The topological polar surface area (TPSA) is 3.24 Å². The van der Waals surface area contributed by atoms with Gasteiger partial charge in [0.25, 0.3) is 0 Å². The van der Waals surface area contributed by atoms with Gasteiger partial charge >= 0.3 is 0 Å². The van der Waals surface area contributed by atoms with Gasteiger partial charge in [0, 0.05) is 26.6 Å². The first-order valence-corrected chi connectivity index (χ1v) is 16.9. The molecular weight excluding hydrogens is 587 g/mol. The first-order chi connectivity index (χ1) is 23.0. The fraction of sp³-hybridized carbons (Fsp3) is 0.0667. The number of benzene rings is 6. The molecule has 226 valence electrons. The fourth-order valence-electron chi connectivity index (χ4n) is 6.93. The van der Waals surface area contributed by atoms with Gasteiger partial charge < -0.3 is 4.90 Å². The van der Waals surface area contributed by atoms with Gasteiger partial charge in [0.15, 0.2) is 0 Å². The van der Waals surface area contributed by atoms with E-state index in [4.69, 9.17) is 0 Å². The van der Waals surface area contributed by atoms with Crippen molar-refractivity contribution in [3.63, 3.8) is 0 Å². The summed E-state index contributed by atoms with van der Waals surface area (Å²) in [6.45, 7) is 9.24. The Bertz CT molecular complexity index is 2090. The molecule has 0 unspecified atom stereocenters. The number of thioether (sulfide) groups is 1. The van der Waals surface area contributed by atoms with Crippen LogP contribution in [0.15, 0.2) is 181 Å². The van der Waals surface area contributed by atoms with Crippen LogP contribution >= 0.6 is 11.8 Å². The average Bonchev–Trinajstić information content (AvgIpc) is 3.33. The van der Waals surface area contributed by atoms with Crippen LogP contribution in [0.2, 0.25) is 0 Å². The van der Waals surface area contributed by atoms with Gasteiger partial charge in [0.05, 0.1) is 5.69 Å². The molecule has 0 saturated carbocycles. The molecule has 0 saturated heterocycles. The molecule has 0 fully saturated rings. The zero-order valence-corrected chi connectivity index (χ0v) is 27.5. The largest absolute Gasteiger partial charge is 0.309 e. The normalized spacial score (nSPS) is 15.2. The molecule has 0 atom stereocenters. The summed E-state index contributed by atoms with van der Waals surface area (Å²) in [4.78, 5) is 4.93. The third-order valence-electron chi connectivity index (χ3n) is 9.46. The van der Waals surface area contributed by atoms with Gasteiger partial charge in [-0.15, -0.1) is 0 Å². The van der Waals surface area contributed by atoms with Crippen LogP contribution in [0.1, 0.15) is 30.5 Å². The molecule has 6 aromatic carbocycles. The third kappa shape index (κ3) is 5.16. The molecule has 0 aromatic heterocycles. The third-order valence-corrected chi connectivity index (χ3v) is 10.7. The van der Waals surface area contributed by atoms with E-state index < -0.39 is 0 Å². The molecule has 0 N–H and O–H groups in total. The standard InChI is InChI=1S/C45H35NS/c1-31-21-30-41-43(39-17-10-11-19-40(39)45(41,2)3)47-44-38(31)18-12-20-42(44)46(36-26-22-34(23-27-36)32-13-6-4-7-14-32)37-28-24-35(25-29-37)33-15-8-5-9-16-33/h4-30H,1H2,2-3H3/b30-21-. The average molecular weight is 622 g/mol. The predicted molar refractivity (Wildman–Crippen MR) is 202 cm³/mol. The summed E-state index contributed by atoms with van der Waals surface area (Å²) in [6, 6.07) is 54.6. The van der Waals surface area contributed by atoms with Crippen LogP contribution in [-0.2, 0) is 5.41 Å². The highest BCUT2D eigenvalue weighted by atomic mass is 32.2. The summed E-state index contributed by atoms with van der Waals surface area (Å²) < 4.78 is 0. The maximum absolute atomic E-state index is 4.56. The van der Waals surface area contributed by atoms with E-state index in [0.717, 1.165) is 28.2 Å². The highest BCUT2D eigenvalue weighted by Crippen LogP contribution is 2.57. The second-order valence-corrected chi connectivity index (χ2v) is 13.7. The number of rotatable bonds is 5. The maximum atomic E-state index is 4.56. The molecule has 1 aliphatic carbocycles. The highest BCUT2D eigenvalue weighted by Gasteiger charge is 2.38. The molecule has 0 spiro atoms. The van der Waals surface area contributed by atoms with Gasteiger partial charge in [0.2, 0.25) is 0 Å². The Labute approximate surface area is 282 Å². The number of anilines is 3. The summed E-state index contributed by atoms with van der Waals surface area (Å²) in [5.74, 6) is 0. The van der Waals surface area contributed by atoms with Crippen LogP contribution in [-0.4, -0.2) is 0 Å². The first-order valence-electron chi connectivity index (χ1n) is 16.1. The molecule has 6 aromatic rings. The minimum Gasteiger partial charge on any atom is -0.309 e. The van der Waals surface area contributed by atoms with E-state index in [-0.39, 0.29) is 5.41 Å². The number of fused-ring (bicyclic) bond motifs is 3. The van der Waals surface area contributed by atoms with Crippen molar-refractivity contribution >= 4 is 39.3 Å². The van der Waals surface area contributed by atoms with Crippen LogP contribution < -0.4 is 4.90 Å². The molecule has 0 amide bonds. The molecule has 2 aliphatic rings. The van der Waals surface area contributed by atoms with Crippen LogP contribution in [0.25, 0.3) is 32.7 Å². The van der Waals surface area contributed by atoms with E-state index in [0.29, 0.717) is 0 Å². The van der Waals surface area contributed by atoms with E-state index in [1.165, 1.54) is 48.8 Å². The SMILES string of the molecule is C=C1/C=C\C2=C(Sc3c1cccc3N(c1ccc(-c3ccccc3)cc1)c1ccc(-c3ccccc3)cc1)c1ccccc1C2(C)C. The first kappa shape index (κ1) is 29.1. The highest BCUT2D eigenvalue weighted by molar-refractivity contribution is 8.08. The van der Waals surface area contributed by atoms with Crippen LogP contribution in [0.3, 0.4) is 0 Å². The predicted octanol–water partition coefficient (Wildman–Crippen LogP) is 12.9. The quantitative estimate of drug-likeness (QED) is 0.188. The minimum absolute atomic E-state index is 0.0949. The molecule has 2 heteroatoms. The Morgan fingerprint density at radius 1 is 0.511 bits per heavy atom. The van der Waals surface area contributed by atoms with Crippen molar-refractivity contribution in [3.8, 4) is 22.3 Å². The van der Waals surface area contributed by atoms with Crippen molar-refractivity contribution in [1.29, 1.82) is 0 Å². The second-order valence-electron chi connectivity index (χ2n) is 12.7. The Kier molecular flexibility index (Phi) is 7.31. The smallest absolute Gasteiger partial charge is 0.0607 e. The summed E-state index contributed by atoms with van der Waals surface area (Å²) in [6.07, 6.45) is 4.50. The molecule has 1 heterocycles. The molecular formula is C45H35NS. The Balaban J connectivity index is 1.30. The minimum atomic E-state index is -0.0949. The Morgan fingerprint density at radius 3 is 1.62 bits per heavy atom. The van der Waals surface area contributed by atoms with Crippen molar-refractivity contribution in [3.05, 3.63) is 193 Å². The van der Waals surface area contributed by atoms with Gasteiger partial charge in [-0.1, -0.05) is 166 Å².